The molecule has 2 fully saturated rings. The molecule has 1 aromatic rings. The van der Waals surface area contributed by atoms with Gasteiger partial charge in [-0.05, 0) is 38.4 Å². The first-order valence-electron chi connectivity index (χ1n) is 7.18. The van der Waals surface area contributed by atoms with Crippen LogP contribution in [-0.4, -0.2) is 30.8 Å². The highest BCUT2D eigenvalue weighted by Crippen LogP contribution is 2.45. The van der Waals surface area contributed by atoms with Crippen LogP contribution in [0.3, 0.4) is 0 Å². The predicted molar refractivity (Wildman–Crippen MR) is 75.7 cm³/mol. The van der Waals surface area contributed by atoms with Gasteiger partial charge in [-0.1, -0.05) is 0 Å². The molecule has 0 aromatic heterocycles. The van der Waals surface area contributed by atoms with E-state index >= 15 is 0 Å². The van der Waals surface area contributed by atoms with Crippen molar-refractivity contribution in [1.29, 1.82) is 5.26 Å². The van der Waals surface area contributed by atoms with E-state index < -0.39 is 0 Å². The number of hydrogen-bond acceptors (Lipinski definition) is 4. The molecule has 1 aromatic carbocycles. The van der Waals surface area contributed by atoms with Crippen LogP contribution in [0, 0.1) is 11.3 Å². The number of hydrogen-bond donors (Lipinski definition) is 0. The van der Waals surface area contributed by atoms with E-state index in [-0.39, 0.29) is 5.72 Å². The van der Waals surface area contributed by atoms with Crippen LogP contribution in [0.1, 0.15) is 37.7 Å². The third-order valence-electron chi connectivity index (χ3n) is 4.76. The van der Waals surface area contributed by atoms with E-state index in [4.69, 9.17) is 14.7 Å². The zero-order valence-corrected chi connectivity index (χ0v) is 12.1. The zero-order chi connectivity index (χ0) is 14.2. The second-order valence-electron chi connectivity index (χ2n) is 5.72. The molecule has 0 saturated carbocycles. The molecule has 2 aliphatic heterocycles. The molecule has 20 heavy (non-hydrogen) atoms. The number of fused-ring (bicyclic) bond motifs is 2. The van der Waals surface area contributed by atoms with Crippen molar-refractivity contribution in [2.45, 2.75) is 43.9 Å². The Balaban J connectivity index is 1.89. The lowest BCUT2D eigenvalue weighted by atomic mass is 10.0. The van der Waals surface area contributed by atoms with E-state index in [0.717, 1.165) is 18.6 Å². The second kappa shape index (κ2) is 4.99. The van der Waals surface area contributed by atoms with Crippen molar-refractivity contribution in [3.63, 3.8) is 0 Å². The topological polar surface area (TPSA) is 45.5 Å². The van der Waals surface area contributed by atoms with Crippen molar-refractivity contribution in [2.75, 3.05) is 14.2 Å². The molecule has 2 bridgehead atoms. The molecule has 106 valence electrons. The lowest BCUT2D eigenvalue weighted by Crippen LogP contribution is -2.51. The zero-order valence-electron chi connectivity index (χ0n) is 12.1. The molecular formula is C16H20N2O2. The summed E-state index contributed by atoms with van der Waals surface area (Å²) in [7, 11) is 3.77. The Hall–Kier alpha value is -1.73. The van der Waals surface area contributed by atoms with Gasteiger partial charge in [0.05, 0.1) is 18.7 Å². The molecule has 4 heteroatoms. The molecule has 2 saturated heterocycles. The van der Waals surface area contributed by atoms with Crippen LogP contribution in [-0.2, 0) is 0 Å². The average Bonchev–Trinajstić information content (AvgIpc) is 2.67. The summed E-state index contributed by atoms with van der Waals surface area (Å²) in [6, 6.07) is 8.14. The van der Waals surface area contributed by atoms with Gasteiger partial charge in [-0.25, -0.2) is 0 Å². The Morgan fingerprint density at radius 1 is 1.30 bits per heavy atom. The maximum atomic E-state index is 8.96. The SMILES string of the molecule is COc1cc(C#N)ccc1OC12CCCC(CC1)N2C. The minimum absolute atomic E-state index is 0.190. The van der Waals surface area contributed by atoms with Gasteiger partial charge in [-0.3, -0.25) is 4.90 Å². The first kappa shape index (κ1) is 13.3. The fourth-order valence-electron chi connectivity index (χ4n) is 3.55. The number of rotatable bonds is 3. The summed E-state index contributed by atoms with van der Waals surface area (Å²) in [5.41, 5.74) is 0.401. The lowest BCUT2D eigenvalue weighted by molar-refractivity contribution is -0.0833. The van der Waals surface area contributed by atoms with E-state index in [2.05, 4.69) is 18.0 Å². The molecule has 2 atom stereocenters. The summed E-state index contributed by atoms with van der Waals surface area (Å²) in [6.45, 7) is 0. The molecule has 2 unspecified atom stereocenters. The lowest BCUT2D eigenvalue weighted by Gasteiger charge is -2.42. The first-order chi connectivity index (χ1) is 9.68. The monoisotopic (exact) mass is 272 g/mol. The number of piperidine rings is 1. The van der Waals surface area contributed by atoms with Gasteiger partial charge < -0.3 is 9.47 Å². The van der Waals surface area contributed by atoms with Gasteiger partial charge in [0.2, 0.25) is 0 Å². The minimum Gasteiger partial charge on any atom is -0.493 e. The number of nitrogens with zero attached hydrogens (tertiary/aromatic N) is 2. The Morgan fingerprint density at radius 2 is 2.15 bits per heavy atom. The average molecular weight is 272 g/mol. The van der Waals surface area contributed by atoms with Crippen LogP contribution in [0.25, 0.3) is 0 Å². The maximum absolute atomic E-state index is 8.96. The third kappa shape index (κ3) is 2.03. The van der Waals surface area contributed by atoms with E-state index in [0.29, 0.717) is 17.4 Å². The van der Waals surface area contributed by atoms with Gasteiger partial charge >= 0.3 is 0 Å². The van der Waals surface area contributed by atoms with Crippen molar-refractivity contribution in [2.24, 2.45) is 0 Å². The predicted octanol–water partition coefficient (Wildman–Crippen LogP) is 2.92. The molecule has 3 rings (SSSR count). The van der Waals surface area contributed by atoms with Gasteiger partial charge in [0, 0.05) is 24.9 Å². The molecule has 0 radical (unpaired) electrons. The molecule has 0 N–H and O–H groups in total. The normalized spacial score (nSPS) is 28.9. The van der Waals surface area contributed by atoms with Crippen LogP contribution in [0.5, 0.6) is 11.5 Å². The van der Waals surface area contributed by atoms with Gasteiger partial charge in [0.15, 0.2) is 17.2 Å². The summed E-state index contributed by atoms with van der Waals surface area (Å²) in [6.07, 6.45) is 5.81. The standard InChI is InChI=1S/C16H20N2O2/c1-18-13-4-3-8-16(18,9-7-13)20-14-6-5-12(11-17)10-15(14)19-2/h5-6,10,13H,3-4,7-9H2,1-2H3. The molecule has 2 aliphatic rings. The fraction of sp³-hybridized carbons (Fsp3) is 0.562. The van der Waals surface area contributed by atoms with Crippen LogP contribution in [0.15, 0.2) is 18.2 Å². The van der Waals surface area contributed by atoms with E-state index in [1.807, 2.05) is 6.07 Å². The van der Waals surface area contributed by atoms with Crippen molar-refractivity contribution in [3.05, 3.63) is 23.8 Å². The molecule has 0 amide bonds. The van der Waals surface area contributed by atoms with Gasteiger partial charge in [-0.15, -0.1) is 0 Å². The van der Waals surface area contributed by atoms with Gasteiger partial charge in [0.25, 0.3) is 0 Å². The van der Waals surface area contributed by atoms with Crippen molar-refractivity contribution in [1.82, 2.24) is 4.90 Å². The fourth-order valence-corrected chi connectivity index (χ4v) is 3.55. The highest BCUT2D eigenvalue weighted by Gasteiger charge is 2.48. The number of benzene rings is 1. The molecule has 4 nitrogen and oxygen atoms in total. The van der Waals surface area contributed by atoms with E-state index in [1.165, 1.54) is 19.3 Å². The summed E-state index contributed by atoms with van der Waals surface area (Å²) < 4.78 is 11.7. The van der Waals surface area contributed by atoms with Gasteiger partial charge in [0.1, 0.15) is 0 Å². The molecule has 2 heterocycles. The summed E-state index contributed by atoms with van der Waals surface area (Å²) in [5.74, 6) is 1.38. The second-order valence-corrected chi connectivity index (χ2v) is 5.72. The smallest absolute Gasteiger partial charge is 0.163 e. The highest BCUT2D eigenvalue weighted by atomic mass is 16.5. The van der Waals surface area contributed by atoms with Crippen molar-refractivity contribution >= 4 is 0 Å². The maximum Gasteiger partial charge on any atom is 0.163 e. The Kier molecular flexibility index (Phi) is 3.31. The summed E-state index contributed by atoms with van der Waals surface area (Å²) in [4.78, 5) is 2.38. The summed E-state index contributed by atoms with van der Waals surface area (Å²) in [5, 5.41) is 8.96. The third-order valence-corrected chi connectivity index (χ3v) is 4.76. The van der Waals surface area contributed by atoms with E-state index in [1.54, 1.807) is 19.2 Å². The van der Waals surface area contributed by atoms with E-state index in [9.17, 15) is 0 Å². The minimum atomic E-state index is -0.190. The quantitative estimate of drug-likeness (QED) is 0.848. The van der Waals surface area contributed by atoms with Crippen molar-refractivity contribution in [3.8, 4) is 17.6 Å². The van der Waals surface area contributed by atoms with Crippen LogP contribution in [0.4, 0.5) is 0 Å². The molecule has 0 spiro atoms. The molecular weight excluding hydrogens is 252 g/mol. The first-order valence-corrected chi connectivity index (χ1v) is 7.18. The number of ether oxygens (including phenoxy) is 2. The van der Waals surface area contributed by atoms with Crippen LogP contribution >= 0.6 is 0 Å². The number of nitriles is 1. The largest absolute Gasteiger partial charge is 0.493 e. The Labute approximate surface area is 119 Å². The Bertz CT molecular complexity index is 548. The van der Waals surface area contributed by atoms with Crippen LogP contribution in [0.2, 0.25) is 0 Å². The number of methoxy groups -OCH3 is 1. The van der Waals surface area contributed by atoms with Crippen molar-refractivity contribution < 1.29 is 9.47 Å². The van der Waals surface area contributed by atoms with Crippen LogP contribution < -0.4 is 9.47 Å². The highest BCUT2D eigenvalue weighted by molar-refractivity contribution is 5.47. The summed E-state index contributed by atoms with van der Waals surface area (Å²) >= 11 is 0. The molecule has 0 aliphatic carbocycles. The Morgan fingerprint density at radius 3 is 2.90 bits per heavy atom. The van der Waals surface area contributed by atoms with Gasteiger partial charge in [-0.2, -0.15) is 5.26 Å².